The second-order valence-corrected chi connectivity index (χ2v) is 3.77. The number of methoxy groups -OCH3 is 1. The number of rotatable bonds is 4. The predicted molar refractivity (Wildman–Crippen MR) is 69.8 cm³/mol. The zero-order valence-electron chi connectivity index (χ0n) is 10.1. The summed E-state index contributed by atoms with van der Waals surface area (Å²) in [4.78, 5) is 0. The van der Waals surface area contributed by atoms with Crippen molar-refractivity contribution in [1.82, 2.24) is 0 Å². The van der Waals surface area contributed by atoms with Crippen LogP contribution in [0.5, 0.6) is 17.2 Å². The van der Waals surface area contributed by atoms with Crippen molar-refractivity contribution in [3.8, 4) is 17.2 Å². The summed E-state index contributed by atoms with van der Waals surface area (Å²) < 4.78 is 10.8. The van der Waals surface area contributed by atoms with Crippen molar-refractivity contribution in [1.29, 1.82) is 0 Å². The topological polar surface area (TPSA) is 64.7 Å². The van der Waals surface area contributed by atoms with Crippen molar-refractivity contribution in [2.45, 2.75) is 6.61 Å². The molecular formula is C14H15NO3. The van der Waals surface area contributed by atoms with Crippen LogP contribution in [-0.2, 0) is 6.61 Å². The Bertz CT molecular complexity index is 540. The fraction of sp³-hybridized carbons (Fsp3) is 0.143. The van der Waals surface area contributed by atoms with E-state index in [2.05, 4.69) is 0 Å². The number of anilines is 1. The predicted octanol–water partition coefficient (Wildman–Crippen LogP) is 2.56. The van der Waals surface area contributed by atoms with Crippen LogP contribution in [0.25, 0.3) is 0 Å². The number of hydrogen-bond donors (Lipinski definition) is 2. The second kappa shape index (κ2) is 5.42. The highest BCUT2D eigenvalue weighted by Gasteiger charge is 2.07. The van der Waals surface area contributed by atoms with Crippen LogP contribution < -0.4 is 15.2 Å². The summed E-state index contributed by atoms with van der Waals surface area (Å²) in [7, 11) is 1.58. The molecule has 94 valence electrons. The third-order valence-electron chi connectivity index (χ3n) is 2.58. The van der Waals surface area contributed by atoms with Gasteiger partial charge in [0.2, 0.25) is 0 Å². The summed E-state index contributed by atoms with van der Waals surface area (Å²) in [5, 5.41) is 9.22. The minimum Gasteiger partial charge on any atom is -0.497 e. The van der Waals surface area contributed by atoms with Crippen LogP contribution in [0.15, 0.2) is 42.5 Å². The normalized spacial score (nSPS) is 10.1. The minimum atomic E-state index is -0.0772. The molecule has 18 heavy (non-hydrogen) atoms. The summed E-state index contributed by atoms with van der Waals surface area (Å²) in [6.07, 6.45) is 0. The van der Waals surface area contributed by atoms with Gasteiger partial charge in [-0.1, -0.05) is 18.2 Å². The Morgan fingerprint density at radius 2 is 1.89 bits per heavy atom. The van der Waals surface area contributed by atoms with Gasteiger partial charge in [-0.25, -0.2) is 0 Å². The van der Waals surface area contributed by atoms with E-state index in [-0.39, 0.29) is 6.61 Å². The average Bonchev–Trinajstić information content (AvgIpc) is 2.41. The molecular weight excluding hydrogens is 230 g/mol. The highest BCUT2D eigenvalue weighted by Crippen LogP contribution is 2.32. The number of benzene rings is 2. The maximum atomic E-state index is 9.22. The fourth-order valence-corrected chi connectivity index (χ4v) is 1.60. The van der Waals surface area contributed by atoms with E-state index in [1.54, 1.807) is 37.4 Å². The molecule has 3 N–H and O–H groups in total. The van der Waals surface area contributed by atoms with E-state index in [1.165, 1.54) is 0 Å². The molecule has 0 atom stereocenters. The zero-order chi connectivity index (χ0) is 13.0. The van der Waals surface area contributed by atoms with E-state index in [4.69, 9.17) is 15.2 Å². The van der Waals surface area contributed by atoms with Gasteiger partial charge in [0.05, 0.1) is 19.4 Å². The van der Waals surface area contributed by atoms with Gasteiger partial charge < -0.3 is 20.3 Å². The molecule has 0 spiro atoms. The number of para-hydroxylation sites is 1. The molecule has 0 aliphatic rings. The van der Waals surface area contributed by atoms with Gasteiger partial charge in [0.1, 0.15) is 11.5 Å². The Labute approximate surface area is 106 Å². The summed E-state index contributed by atoms with van der Waals surface area (Å²) in [6.45, 7) is -0.0772. The number of aliphatic hydroxyl groups excluding tert-OH is 1. The Kier molecular flexibility index (Phi) is 3.69. The molecule has 0 aliphatic carbocycles. The van der Waals surface area contributed by atoms with Crippen molar-refractivity contribution in [2.24, 2.45) is 0 Å². The Morgan fingerprint density at radius 3 is 2.56 bits per heavy atom. The first kappa shape index (κ1) is 12.3. The SMILES string of the molecule is COc1ccc(Oc2ccccc2CO)c(N)c1. The molecule has 0 amide bonds. The molecule has 2 aromatic carbocycles. The van der Waals surface area contributed by atoms with E-state index >= 15 is 0 Å². The summed E-state index contributed by atoms with van der Waals surface area (Å²) in [6, 6.07) is 12.5. The summed E-state index contributed by atoms with van der Waals surface area (Å²) in [5.41, 5.74) is 7.07. The van der Waals surface area contributed by atoms with E-state index in [1.807, 2.05) is 12.1 Å². The first-order valence-electron chi connectivity index (χ1n) is 5.54. The number of aliphatic hydroxyl groups is 1. The molecule has 4 heteroatoms. The van der Waals surface area contributed by atoms with Crippen LogP contribution in [-0.4, -0.2) is 12.2 Å². The molecule has 0 heterocycles. The van der Waals surface area contributed by atoms with Gasteiger partial charge in [-0.05, 0) is 18.2 Å². The Morgan fingerprint density at radius 1 is 1.11 bits per heavy atom. The van der Waals surface area contributed by atoms with Crippen molar-refractivity contribution < 1.29 is 14.6 Å². The molecule has 0 saturated heterocycles. The van der Waals surface area contributed by atoms with Crippen LogP contribution in [0.1, 0.15) is 5.56 Å². The van der Waals surface area contributed by atoms with E-state index < -0.39 is 0 Å². The zero-order valence-corrected chi connectivity index (χ0v) is 10.1. The smallest absolute Gasteiger partial charge is 0.150 e. The highest BCUT2D eigenvalue weighted by molar-refractivity contribution is 5.57. The van der Waals surface area contributed by atoms with Gasteiger partial charge in [-0.3, -0.25) is 0 Å². The van der Waals surface area contributed by atoms with Gasteiger partial charge in [-0.2, -0.15) is 0 Å². The van der Waals surface area contributed by atoms with Crippen molar-refractivity contribution >= 4 is 5.69 Å². The van der Waals surface area contributed by atoms with Gasteiger partial charge in [0.15, 0.2) is 5.75 Å². The van der Waals surface area contributed by atoms with Crippen LogP contribution in [0.3, 0.4) is 0 Å². The average molecular weight is 245 g/mol. The molecule has 2 aromatic rings. The summed E-state index contributed by atoms with van der Waals surface area (Å²) >= 11 is 0. The summed E-state index contributed by atoms with van der Waals surface area (Å²) in [5.74, 6) is 1.81. The standard InChI is InChI=1S/C14H15NO3/c1-17-11-6-7-14(12(15)8-11)18-13-5-3-2-4-10(13)9-16/h2-8,16H,9,15H2,1H3. The highest BCUT2D eigenvalue weighted by atomic mass is 16.5. The largest absolute Gasteiger partial charge is 0.497 e. The van der Waals surface area contributed by atoms with Crippen molar-refractivity contribution in [3.05, 3.63) is 48.0 Å². The molecule has 0 aliphatic heterocycles. The van der Waals surface area contributed by atoms with Gasteiger partial charge >= 0.3 is 0 Å². The molecule has 4 nitrogen and oxygen atoms in total. The number of nitrogen functional groups attached to an aromatic ring is 1. The van der Waals surface area contributed by atoms with Crippen LogP contribution in [0.4, 0.5) is 5.69 Å². The van der Waals surface area contributed by atoms with Crippen LogP contribution in [0.2, 0.25) is 0 Å². The molecule has 0 bridgehead atoms. The van der Waals surface area contributed by atoms with Crippen molar-refractivity contribution in [2.75, 3.05) is 12.8 Å². The van der Waals surface area contributed by atoms with Crippen molar-refractivity contribution in [3.63, 3.8) is 0 Å². The molecule has 0 unspecified atom stereocenters. The van der Waals surface area contributed by atoms with E-state index in [0.29, 0.717) is 28.5 Å². The third-order valence-corrected chi connectivity index (χ3v) is 2.58. The van der Waals surface area contributed by atoms with Gasteiger partial charge in [0.25, 0.3) is 0 Å². The maximum Gasteiger partial charge on any atom is 0.150 e. The van der Waals surface area contributed by atoms with Crippen LogP contribution >= 0.6 is 0 Å². The van der Waals surface area contributed by atoms with Gasteiger partial charge in [-0.15, -0.1) is 0 Å². The monoisotopic (exact) mass is 245 g/mol. The lowest BCUT2D eigenvalue weighted by molar-refractivity contribution is 0.276. The quantitative estimate of drug-likeness (QED) is 0.812. The third kappa shape index (κ3) is 2.55. The lowest BCUT2D eigenvalue weighted by atomic mass is 10.2. The number of nitrogens with two attached hydrogens (primary N) is 1. The lowest BCUT2D eigenvalue weighted by Gasteiger charge is -2.12. The molecule has 0 aromatic heterocycles. The first-order valence-corrected chi connectivity index (χ1v) is 5.54. The Hall–Kier alpha value is -2.20. The van der Waals surface area contributed by atoms with Crippen LogP contribution in [0, 0.1) is 0 Å². The number of hydrogen-bond acceptors (Lipinski definition) is 4. The fourth-order valence-electron chi connectivity index (χ4n) is 1.60. The molecule has 0 radical (unpaired) electrons. The number of ether oxygens (including phenoxy) is 2. The molecule has 0 fully saturated rings. The van der Waals surface area contributed by atoms with Gasteiger partial charge in [0, 0.05) is 11.6 Å². The first-order chi connectivity index (χ1) is 8.74. The lowest BCUT2D eigenvalue weighted by Crippen LogP contribution is -1.96. The Balaban J connectivity index is 2.28. The second-order valence-electron chi connectivity index (χ2n) is 3.77. The van der Waals surface area contributed by atoms with E-state index in [9.17, 15) is 5.11 Å². The van der Waals surface area contributed by atoms with E-state index in [0.717, 1.165) is 0 Å². The molecule has 0 saturated carbocycles. The maximum absolute atomic E-state index is 9.22. The molecule has 2 rings (SSSR count). The minimum absolute atomic E-state index is 0.0772.